The van der Waals surface area contributed by atoms with Gasteiger partial charge in [0.2, 0.25) is 0 Å². The van der Waals surface area contributed by atoms with E-state index in [0.29, 0.717) is 17.6 Å². The van der Waals surface area contributed by atoms with E-state index < -0.39 is 0 Å². The third-order valence-electron chi connectivity index (χ3n) is 3.98. The van der Waals surface area contributed by atoms with Crippen molar-refractivity contribution in [3.63, 3.8) is 0 Å². The highest BCUT2D eigenvalue weighted by atomic mass is 79.9. The van der Waals surface area contributed by atoms with E-state index in [9.17, 15) is 0 Å². The summed E-state index contributed by atoms with van der Waals surface area (Å²) in [4.78, 5) is 0. The maximum absolute atomic E-state index is 5.39. The van der Waals surface area contributed by atoms with Crippen molar-refractivity contribution < 1.29 is 0 Å². The lowest BCUT2D eigenvalue weighted by Gasteiger charge is -2.10. The number of nitrogens with zero attached hydrogens (tertiary/aromatic N) is 2. The molecule has 0 aliphatic carbocycles. The van der Waals surface area contributed by atoms with Crippen molar-refractivity contribution in [2.24, 2.45) is 0 Å². The van der Waals surface area contributed by atoms with Crippen LogP contribution in [0.25, 0.3) is 0 Å². The van der Waals surface area contributed by atoms with Crippen LogP contribution in [0.15, 0.2) is 65.4 Å². The molecule has 1 heterocycles. The van der Waals surface area contributed by atoms with Gasteiger partial charge in [-0.05, 0) is 53.5 Å². The minimum atomic E-state index is 0.519. The number of hydrogen-bond acceptors (Lipinski definition) is 2. The molecule has 0 aliphatic heterocycles. The Labute approximate surface area is 167 Å². The van der Waals surface area contributed by atoms with Crippen molar-refractivity contribution in [2.45, 2.75) is 26.3 Å². The van der Waals surface area contributed by atoms with Crippen LogP contribution in [0.2, 0.25) is 0 Å². The van der Waals surface area contributed by atoms with Gasteiger partial charge in [0.25, 0.3) is 0 Å². The van der Waals surface area contributed by atoms with Crippen LogP contribution >= 0.6 is 28.1 Å². The third-order valence-corrected chi connectivity index (χ3v) is 4.72. The van der Waals surface area contributed by atoms with Crippen molar-refractivity contribution >= 4 is 44.6 Å². The van der Waals surface area contributed by atoms with Crippen LogP contribution in [-0.4, -0.2) is 14.9 Å². The summed E-state index contributed by atoms with van der Waals surface area (Å²) in [5.74, 6) is 0.519. The molecular formula is C20H21BrN4S. The number of anilines is 2. The number of nitrogens with one attached hydrogen (secondary N) is 2. The van der Waals surface area contributed by atoms with Gasteiger partial charge in [-0.1, -0.05) is 54.0 Å². The second-order valence-electron chi connectivity index (χ2n) is 6.41. The average molecular weight is 429 g/mol. The van der Waals surface area contributed by atoms with E-state index in [1.165, 1.54) is 11.1 Å². The predicted octanol–water partition coefficient (Wildman–Crippen LogP) is 5.63. The fraction of sp³-hybridized carbons (Fsp3) is 0.200. The van der Waals surface area contributed by atoms with Gasteiger partial charge in [0.05, 0.1) is 18.4 Å². The first-order valence-electron chi connectivity index (χ1n) is 8.44. The summed E-state index contributed by atoms with van der Waals surface area (Å²) in [6, 6.07) is 16.5. The molecule has 3 aromatic rings. The highest BCUT2D eigenvalue weighted by Gasteiger charge is 2.04. The Hall–Kier alpha value is -2.18. The molecule has 2 aromatic carbocycles. The Balaban J connectivity index is 1.56. The Morgan fingerprint density at radius 3 is 2.35 bits per heavy atom. The number of benzene rings is 2. The van der Waals surface area contributed by atoms with E-state index in [1.807, 2.05) is 35.1 Å². The van der Waals surface area contributed by atoms with Gasteiger partial charge in [-0.3, -0.25) is 4.68 Å². The molecule has 1 aromatic heterocycles. The topological polar surface area (TPSA) is 41.9 Å². The molecule has 0 atom stereocenters. The normalized spacial score (nSPS) is 10.8. The standard InChI is InChI=1S/C20H21BrN4S/c1-14(2)16-5-9-18(10-6-16)23-20(26)24-19-11-22-25(13-19)12-15-3-7-17(21)8-4-15/h3-11,13-14H,12H2,1-2H3,(H2,23,24,26). The third kappa shape index (κ3) is 5.16. The molecule has 0 saturated heterocycles. The van der Waals surface area contributed by atoms with Gasteiger partial charge in [-0.25, -0.2) is 0 Å². The molecule has 26 heavy (non-hydrogen) atoms. The summed E-state index contributed by atoms with van der Waals surface area (Å²) in [6.45, 7) is 5.08. The van der Waals surface area contributed by atoms with E-state index in [-0.39, 0.29) is 0 Å². The predicted molar refractivity (Wildman–Crippen MR) is 116 cm³/mol. The molecule has 0 radical (unpaired) electrons. The molecule has 0 saturated carbocycles. The maximum atomic E-state index is 5.39. The lowest BCUT2D eigenvalue weighted by atomic mass is 10.0. The average Bonchev–Trinajstić information content (AvgIpc) is 3.04. The van der Waals surface area contributed by atoms with E-state index >= 15 is 0 Å². The van der Waals surface area contributed by atoms with E-state index in [1.54, 1.807) is 6.20 Å². The van der Waals surface area contributed by atoms with Crippen molar-refractivity contribution in [3.8, 4) is 0 Å². The van der Waals surface area contributed by atoms with Crippen molar-refractivity contribution in [3.05, 3.63) is 76.5 Å². The van der Waals surface area contributed by atoms with Crippen LogP contribution < -0.4 is 10.6 Å². The second kappa shape index (κ2) is 8.47. The maximum Gasteiger partial charge on any atom is 0.175 e. The van der Waals surface area contributed by atoms with Gasteiger partial charge in [0.1, 0.15) is 0 Å². The minimum absolute atomic E-state index is 0.519. The molecule has 0 spiro atoms. The van der Waals surface area contributed by atoms with Crippen LogP contribution in [-0.2, 0) is 6.54 Å². The van der Waals surface area contributed by atoms with Crippen LogP contribution in [0, 0.1) is 0 Å². The van der Waals surface area contributed by atoms with E-state index in [0.717, 1.165) is 15.8 Å². The number of aromatic nitrogens is 2. The molecule has 3 rings (SSSR count). The summed E-state index contributed by atoms with van der Waals surface area (Å²) in [5.41, 5.74) is 4.32. The molecule has 2 N–H and O–H groups in total. The quantitative estimate of drug-likeness (QED) is 0.516. The largest absolute Gasteiger partial charge is 0.332 e. The number of thiocarbonyl (C=S) groups is 1. The Morgan fingerprint density at radius 2 is 1.69 bits per heavy atom. The molecular weight excluding hydrogens is 408 g/mol. The Kier molecular flexibility index (Phi) is 6.06. The van der Waals surface area contributed by atoms with Crippen molar-refractivity contribution in [2.75, 3.05) is 10.6 Å². The summed E-state index contributed by atoms with van der Waals surface area (Å²) < 4.78 is 2.95. The molecule has 0 aliphatic rings. The van der Waals surface area contributed by atoms with Crippen LogP contribution in [0.3, 0.4) is 0 Å². The van der Waals surface area contributed by atoms with Crippen LogP contribution in [0.5, 0.6) is 0 Å². The fourth-order valence-corrected chi connectivity index (χ4v) is 3.04. The van der Waals surface area contributed by atoms with Gasteiger partial charge < -0.3 is 10.6 Å². The molecule has 0 amide bonds. The van der Waals surface area contributed by atoms with Crippen LogP contribution in [0.1, 0.15) is 30.9 Å². The van der Waals surface area contributed by atoms with Crippen molar-refractivity contribution in [1.29, 1.82) is 0 Å². The molecule has 134 valence electrons. The molecule has 0 bridgehead atoms. The summed E-state index contributed by atoms with van der Waals surface area (Å²) in [7, 11) is 0. The first-order valence-corrected chi connectivity index (χ1v) is 9.64. The van der Waals surface area contributed by atoms with Gasteiger partial charge in [0.15, 0.2) is 5.11 Å². The molecule has 0 unspecified atom stereocenters. The molecule has 0 fully saturated rings. The number of halogens is 1. The van der Waals surface area contributed by atoms with Gasteiger partial charge in [-0.2, -0.15) is 5.10 Å². The van der Waals surface area contributed by atoms with E-state index in [4.69, 9.17) is 12.2 Å². The highest BCUT2D eigenvalue weighted by Crippen LogP contribution is 2.17. The zero-order valence-electron chi connectivity index (χ0n) is 14.7. The monoisotopic (exact) mass is 428 g/mol. The first kappa shape index (κ1) is 18.6. The Morgan fingerprint density at radius 1 is 1.04 bits per heavy atom. The fourth-order valence-electron chi connectivity index (χ4n) is 2.54. The summed E-state index contributed by atoms with van der Waals surface area (Å²) >= 11 is 8.84. The van der Waals surface area contributed by atoms with E-state index in [2.05, 4.69) is 69.8 Å². The summed E-state index contributed by atoms with van der Waals surface area (Å²) in [6.07, 6.45) is 3.71. The lowest BCUT2D eigenvalue weighted by Crippen LogP contribution is -2.18. The highest BCUT2D eigenvalue weighted by molar-refractivity contribution is 9.10. The van der Waals surface area contributed by atoms with Gasteiger partial charge in [0, 0.05) is 16.4 Å². The van der Waals surface area contributed by atoms with Crippen molar-refractivity contribution in [1.82, 2.24) is 9.78 Å². The zero-order valence-corrected chi connectivity index (χ0v) is 17.1. The number of rotatable bonds is 5. The Bertz CT molecular complexity index is 870. The lowest BCUT2D eigenvalue weighted by molar-refractivity contribution is 0.687. The summed E-state index contributed by atoms with van der Waals surface area (Å²) in [5, 5.41) is 11.3. The zero-order chi connectivity index (χ0) is 18.5. The smallest absolute Gasteiger partial charge is 0.175 e. The molecule has 6 heteroatoms. The minimum Gasteiger partial charge on any atom is -0.332 e. The first-order chi connectivity index (χ1) is 12.5. The molecule has 4 nitrogen and oxygen atoms in total. The SMILES string of the molecule is CC(C)c1ccc(NC(=S)Nc2cnn(Cc3ccc(Br)cc3)c2)cc1. The van der Waals surface area contributed by atoms with Gasteiger partial charge >= 0.3 is 0 Å². The number of hydrogen-bond donors (Lipinski definition) is 2. The second-order valence-corrected chi connectivity index (χ2v) is 7.73. The van der Waals surface area contributed by atoms with Crippen LogP contribution in [0.4, 0.5) is 11.4 Å². The van der Waals surface area contributed by atoms with Gasteiger partial charge in [-0.15, -0.1) is 0 Å².